The Labute approximate surface area is 99.0 Å². The van der Waals surface area contributed by atoms with E-state index in [2.05, 4.69) is 0 Å². The van der Waals surface area contributed by atoms with Gasteiger partial charge in [-0.15, -0.1) is 0 Å². The van der Waals surface area contributed by atoms with Gasteiger partial charge in [-0.05, 0) is 31.0 Å². The molecule has 0 saturated carbocycles. The monoisotopic (exact) mass is 243 g/mol. The number of halogens is 1. The normalized spacial score (nSPS) is 10.1. The van der Waals surface area contributed by atoms with Crippen molar-refractivity contribution in [3.63, 3.8) is 0 Å². The fourth-order valence-electron chi connectivity index (χ4n) is 1.22. The fourth-order valence-corrected chi connectivity index (χ4v) is 1.39. The minimum atomic E-state index is -0.570. The van der Waals surface area contributed by atoms with Crippen molar-refractivity contribution in [2.45, 2.75) is 12.8 Å². The minimum Gasteiger partial charge on any atom is -0.493 e. The Balaban J connectivity index is 2.67. The standard InChI is InChI=1S/C11H14ClNO3/c12-8-3-4-10(9(7-8)11(13)15)16-6-2-1-5-14/h3-4,7,14H,1-2,5-6H2,(H2,13,15). The number of amides is 1. The first kappa shape index (κ1) is 12.8. The van der Waals surface area contributed by atoms with Gasteiger partial charge in [0.1, 0.15) is 5.75 Å². The van der Waals surface area contributed by atoms with Gasteiger partial charge in [0.05, 0.1) is 12.2 Å². The second kappa shape index (κ2) is 6.35. The summed E-state index contributed by atoms with van der Waals surface area (Å²) in [6.45, 7) is 0.565. The van der Waals surface area contributed by atoms with Crippen LogP contribution in [0, 0.1) is 0 Å². The predicted molar refractivity (Wildman–Crippen MR) is 61.8 cm³/mol. The topological polar surface area (TPSA) is 72.6 Å². The van der Waals surface area contributed by atoms with Crippen LogP contribution in [0.2, 0.25) is 5.02 Å². The average molecular weight is 244 g/mol. The zero-order valence-corrected chi connectivity index (χ0v) is 9.54. The Morgan fingerprint density at radius 3 is 2.81 bits per heavy atom. The molecule has 4 nitrogen and oxygen atoms in total. The number of benzene rings is 1. The Morgan fingerprint density at radius 1 is 1.44 bits per heavy atom. The molecular formula is C11H14ClNO3. The van der Waals surface area contributed by atoms with Crippen molar-refractivity contribution in [2.24, 2.45) is 5.73 Å². The van der Waals surface area contributed by atoms with Crippen LogP contribution in [0.4, 0.5) is 0 Å². The van der Waals surface area contributed by atoms with Gasteiger partial charge in [-0.25, -0.2) is 0 Å². The van der Waals surface area contributed by atoms with Crippen LogP contribution in [0.1, 0.15) is 23.2 Å². The Bertz CT molecular complexity index is 368. The first-order valence-corrected chi connectivity index (χ1v) is 5.36. The van der Waals surface area contributed by atoms with Crippen molar-refractivity contribution in [3.8, 4) is 5.75 Å². The second-order valence-electron chi connectivity index (χ2n) is 3.28. The Hall–Kier alpha value is -1.26. The number of ether oxygens (including phenoxy) is 1. The third-order valence-corrected chi connectivity index (χ3v) is 2.25. The highest BCUT2D eigenvalue weighted by molar-refractivity contribution is 6.31. The van der Waals surface area contributed by atoms with Gasteiger partial charge in [0, 0.05) is 11.6 Å². The molecule has 0 saturated heterocycles. The number of carbonyl (C=O) groups is 1. The van der Waals surface area contributed by atoms with E-state index in [0.717, 1.165) is 6.42 Å². The number of rotatable bonds is 6. The van der Waals surface area contributed by atoms with Crippen LogP contribution in [0.15, 0.2) is 18.2 Å². The van der Waals surface area contributed by atoms with E-state index in [1.165, 1.54) is 6.07 Å². The highest BCUT2D eigenvalue weighted by Gasteiger charge is 2.09. The first-order valence-electron chi connectivity index (χ1n) is 4.98. The molecule has 0 aliphatic heterocycles. The van der Waals surface area contributed by atoms with Crippen LogP contribution in [0.3, 0.4) is 0 Å². The molecule has 0 heterocycles. The highest BCUT2D eigenvalue weighted by Crippen LogP contribution is 2.22. The maximum atomic E-state index is 11.1. The van der Waals surface area contributed by atoms with Gasteiger partial charge in [-0.1, -0.05) is 11.6 Å². The molecule has 0 atom stereocenters. The molecule has 1 amide bonds. The van der Waals surface area contributed by atoms with E-state index < -0.39 is 5.91 Å². The van der Waals surface area contributed by atoms with Crippen LogP contribution >= 0.6 is 11.6 Å². The summed E-state index contributed by atoms with van der Waals surface area (Å²) in [5.41, 5.74) is 5.47. The van der Waals surface area contributed by atoms with Gasteiger partial charge >= 0.3 is 0 Å². The van der Waals surface area contributed by atoms with Crippen molar-refractivity contribution in [2.75, 3.05) is 13.2 Å². The summed E-state index contributed by atoms with van der Waals surface area (Å²) in [5.74, 6) is -0.144. The fraction of sp³-hybridized carbons (Fsp3) is 0.364. The molecule has 0 radical (unpaired) electrons. The summed E-state index contributed by atoms with van der Waals surface area (Å²) < 4.78 is 5.38. The molecule has 0 aromatic heterocycles. The quantitative estimate of drug-likeness (QED) is 0.746. The average Bonchev–Trinajstić information content (AvgIpc) is 2.26. The molecule has 88 valence electrons. The molecule has 16 heavy (non-hydrogen) atoms. The molecule has 0 bridgehead atoms. The third-order valence-electron chi connectivity index (χ3n) is 2.02. The van der Waals surface area contributed by atoms with Gasteiger partial charge in [-0.3, -0.25) is 4.79 Å². The Morgan fingerprint density at radius 2 is 2.19 bits per heavy atom. The molecule has 1 aromatic rings. The van der Waals surface area contributed by atoms with E-state index in [4.69, 9.17) is 27.2 Å². The number of carbonyl (C=O) groups excluding carboxylic acids is 1. The van der Waals surface area contributed by atoms with Gasteiger partial charge in [-0.2, -0.15) is 0 Å². The molecule has 5 heteroatoms. The van der Waals surface area contributed by atoms with Crippen molar-refractivity contribution >= 4 is 17.5 Å². The van der Waals surface area contributed by atoms with Gasteiger partial charge in [0.25, 0.3) is 5.91 Å². The van der Waals surface area contributed by atoms with Gasteiger partial charge in [0.2, 0.25) is 0 Å². The summed E-state index contributed by atoms with van der Waals surface area (Å²) in [4.78, 5) is 11.1. The zero-order chi connectivity index (χ0) is 12.0. The van der Waals surface area contributed by atoms with Gasteiger partial charge < -0.3 is 15.6 Å². The summed E-state index contributed by atoms with van der Waals surface area (Å²) in [6.07, 6.45) is 1.39. The van der Waals surface area contributed by atoms with Crippen LogP contribution < -0.4 is 10.5 Å². The number of nitrogens with two attached hydrogens (primary N) is 1. The lowest BCUT2D eigenvalue weighted by Gasteiger charge is -2.09. The molecule has 0 unspecified atom stereocenters. The van der Waals surface area contributed by atoms with E-state index >= 15 is 0 Å². The third kappa shape index (κ3) is 3.72. The Kier molecular flexibility index (Phi) is 5.08. The summed E-state index contributed by atoms with van der Waals surface area (Å²) >= 11 is 5.75. The number of aliphatic hydroxyl groups excluding tert-OH is 1. The number of unbranched alkanes of at least 4 members (excludes halogenated alkanes) is 1. The minimum absolute atomic E-state index is 0.132. The lowest BCUT2D eigenvalue weighted by atomic mass is 10.2. The predicted octanol–water partition coefficient (Wildman–Crippen LogP) is 1.59. The number of aliphatic hydroxyl groups is 1. The summed E-state index contributed by atoms with van der Waals surface area (Å²) in [7, 11) is 0. The molecule has 0 aliphatic rings. The number of primary amides is 1. The van der Waals surface area contributed by atoms with Crippen LogP contribution in [0.5, 0.6) is 5.75 Å². The van der Waals surface area contributed by atoms with Crippen molar-refractivity contribution in [3.05, 3.63) is 28.8 Å². The lowest BCUT2D eigenvalue weighted by Crippen LogP contribution is -2.13. The first-order chi connectivity index (χ1) is 7.65. The molecule has 1 rings (SSSR count). The largest absolute Gasteiger partial charge is 0.493 e. The van der Waals surface area contributed by atoms with E-state index in [1.54, 1.807) is 12.1 Å². The van der Waals surface area contributed by atoms with Crippen molar-refractivity contribution in [1.82, 2.24) is 0 Å². The molecule has 0 spiro atoms. The SMILES string of the molecule is NC(=O)c1cc(Cl)ccc1OCCCCO. The van der Waals surface area contributed by atoms with E-state index in [9.17, 15) is 4.79 Å². The van der Waals surface area contributed by atoms with Crippen LogP contribution in [-0.2, 0) is 0 Å². The second-order valence-corrected chi connectivity index (χ2v) is 3.72. The van der Waals surface area contributed by atoms with Crippen molar-refractivity contribution in [1.29, 1.82) is 0 Å². The summed E-state index contributed by atoms with van der Waals surface area (Å²) in [6, 6.07) is 4.72. The van der Waals surface area contributed by atoms with E-state index in [0.29, 0.717) is 23.8 Å². The number of hydrogen-bond donors (Lipinski definition) is 2. The molecule has 0 fully saturated rings. The maximum absolute atomic E-state index is 11.1. The molecular weight excluding hydrogens is 230 g/mol. The summed E-state index contributed by atoms with van der Waals surface area (Å²) in [5, 5.41) is 9.04. The van der Waals surface area contributed by atoms with E-state index in [-0.39, 0.29) is 12.2 Å². The number of hydrogen-bond acceptors (Lipinski definition) is 3. The van der Waals surface area contributed by atoms with Crippen molar-refractivity contribution < 1.29 is 14.6 Å². The molecule has 0 aliphatic carbocycles. The van der Waals surface area contributed by atoms with Gasteiger partial charge in [0.15, 0.2) is 0 Å². The smallest absolute Gasteiger partial charge is 0.252 e. The maximum Gasteiger partial charge on any atom is 0.252 e. The van der Waals surface area contributed by atoms with E-state index in [1.807, 2.05) is 0 Å². The highest BCUT2D eigenvalue weighted by atomic mass is 35.5. The lowest BCUT2D eigenvalue weighted by molar-refractivity contribution is 0.0996. The molecule has 3 N–H and O–H groups in total. The molecule has 1 aromatic carbocycles. The zero-order valence-electron chi connectivity index (χ0n) is 8.78. The van der Waals surface area contributed by atoms with Crippen LogP contribution in [0.25, 0.3) is 0 Å². The van der Waals surface area contributed by atoms with Crippen LogP contribution in [-0.4, -0.2) is 24.2 Å².